The number of aliphatic hydroxyl groups excluding tert-OH is 1. The van der Waals surface area contributed by atoms with Gasteiger partial charge in [-0.05, 0) is 16.7 Å². The Kier molecular flexibility index (Phi) is 3.26. The second kappa shape index (κ2) is 5.26. The second-order valence-corrected chi connectivity index (χ2v) is 5.74. The van der Waals surface area contributed by atoms with Gasteiger partial charge in [-0.1, -0.05) is 54.6 Å². The zero-order valence-corrected chi connectivity index (χ0v) is 11.7. The molecule has 0 aromatic heterocycles. The lowest BCUT2D eigenvalue weighted by Crippen LogP contribution is -2.42. The minimum atomic E-state index is -0.580. The zero-order valence-electron chi connectivity index (χ0n) is 11.7. The van der Waals surface area contributed by atoms with Crippen molar-refractivity contribution in [2.75, 3.05) is 6.61 Å². The van der Waals surface area contributed by atoms with E-state index in [-0.39, 0.29) is 18.3 Å². The number of aliphatic hydroxyl groups is 1. The number of benzene rings is 2. The van der Waals surface area contributed by atoms with Crippen LogP contribution in [0.1, 0.15) is 28.9 Å². The first-order valence-electron chi connectivity index (χ1n) is 7.41. The van der Waals surface area contributed by atoms with E-state index < -0.39 is 6.10 Å². The molecule has 1 N–H and O–H groups in total. The predicted molar refractivity (Wildman–Crippen MR) is 78.6 cm³/mol. The molecule has 3 nitrogen and oxygen atoms in total. The summed E-state index contributed by atoms with van der Waals surface area (Å²) in [5.41, 5.74) is 3.37. The van der Waals surface area contributed by atoms with E-state index in [2.05, 4.69) is 12.1 Å². The van der Waals surface area contributed by atoms with Gasteiger partial charge in [-0.3, -0.25) is 0 Å². The smallest absolute Gasteiger partial charge is 0.162 e. The van der Waals surface area contributed by atoms with E-state index in [1.165, 1.54) is 11.1 Å². The molecule has 2 aromatic carbocycles. The molecule has 2 aliphatic heterocycles. The molecule has 4 atom stereocenters. The molecule has 3 heteroatoms. The summed E-state index contributed by atoms with van der Waals surface area (Å²) in [6.07, 6.45) is -0.0581. The van der Waals surface area contributed by atoms with Crippen molar-refractivity contribution in [2.24, 2.45) is 5.92 Å². The topological polar surface area (TPSA) is 38.7 Å². The third kappa shape index (κ3) is 2.27. The molecule has 21 heavy (non-hydrogen) atoms. The summed E-state index contributed by atoms with van der Waals surface area (Å²) in [5.74, 6) is -0.0786. The molecule has 1 fully saturated rings. The Bertz CT molecular complexity index is 625. The van der Waals surface area contributed by atoms with Crippen LogP contribution in [0.15, 0.2) is 54.6 Å². The van der Waals surface area contributed by atoms with Gasteiger partial charge in [0, 0.05) is 12.3 Å². The van der Waals surface area contributed by atoms with Crippen LogP contribution in [0.3, 0.4) is 0 Å². The largest absolute Gasteiger partial charge is 0.388 e. The van der Waals surface area contributed by atoms with Gasteiger partial charge in [0.15, 0.2) is 6.29 Å². The summed E-state index contributed by atoms with van der Waals surface area (Å²) >= 11 is 0. The monoisotopic (exact) mass is 282 g/mol. The Morgan fingerprint density at radius 3 is 2.62 bits per heavy atom. The summed E-state index contributed by atoms with van der Waals surface area (Å²) in [4.78, 5) is 0. The first-order valence-corrected chi connectivity index (χ1v) is 7.41. The molecular weight excluding hydrogens is 264 g/mol. The van der Waals surface area contributed by atoms with Gasteiger partial charge < -0.3 is 14.6 Å². The van der Waals surface area contributed by atoms with Gasteiger partial charge in [-0.2, -0.15) is 0 Å². The SMILES string of the molecule is O[C@H](c1ccccc1)[C@H]1CO[C@H]2Cc3ccccc3[C@@H]1O2. The quantitative estimate of drug-likeness (QED) is 0.920. The molecule has 0 radical (unpaired) electrons. The van der Waals surface area contributed by atoms with Crippen molar-refractivity contribution < 1.29 is 14.6 Å². The Labute approximate surface area is 124 Å². The lowest BCUT2D eigenvalue weighted by atomic mass is 9.83. The van der Waals surface area contributed by atoms with Gasteiger partial charge in [0.05, 0.1) is 18.8 Å². The summed E-state index contributed by atoms with van der Waals surface area (Å²) < 4.78 is 11.8. The maximum absolute atomic E-state index is 10.7. The van der Waals surface area contributed by atoms with Crippen LogP contribution in [-0.2, 0) is 15.9 Å². The highest BCUT2D eigenvalue weighted by Gasteiger charge is 2.41. The fourth-order valence-corrected chi connectivity index (χ4v) is 3.35. The average Bonchev–Trinajstić information content (AvgIpc) is 2.55. The zero-order chi connectivity index (χ0) is 14.2. The van der Waals surface area contributed by atoms with E-state index in [9.17, 15) is 5.11 Å². The molecule has 108 valence electrons. The number of ether oxygens (including phenoxy) is 2. The second-order valence-electron chi connectivity index (χ2n) is 5.74. The van der Waals surface area contributed by atoms with Gasteiger partial charge in [0.2, 0.25) is 0 Å². The summed E-state index contributed by atoms with van der Waals surface area (Å²) in [6, 6.07) is 18.0. The van der Waals surface area contributed by atoms with E-state index in [0.717, 1.165) is 12.0 Å². The first kappa shape index (κ1) is 13.0. The maximum Gasteiger partial charge on any atom is 0.162 e. The minimum absolute atomic E-state index is 0.0786. The van der Waals surface area contributed by atoms with Crippen molar-refractivity contribution in [2.45, 2.75) is 24.9 Å². The molecule has 2 aliphatic rings. The van der Waals surface area contributed by atoms with E-state index in [1.54, 1.807) is 0 Å². The molecule has 2 bridgehead atoms. The lowest BCUT2D eigenvalue weighted by molar-refractivity contribution is -0.259. The van der Waals surface area contributed by atoms with Gasteiger partial charge in [-0.15, -0.1) is 0 Å². The van der Waals surface area contributed by atoms with E-state index in [0.29, 0.717) is 6.61 Å². The van der Waals surface area contributed by atoms with Gasteiger partial charge in [0.1, 0.15) is 0 Å². The third-order valence-corrected chi connectivity index (χ3v) is 4.46. The molecular formula is C18H18O3. The normalized spacial score (nSPS) is 28.7. The highest BCUT2D eigenvalue weighted by molar-refractivity contribution is 5.33. The highest BCUT2D eigenvalue weighted by atomic mass is 16.7. The first-order chi connectivity index (χ1) is 10.3. The Balaban J connectivity index is 1.69. The van der Waals surface area contributed by atoms with Crippen LogP contribution in [0.5, 0.6) is 0 Å². The lowest BCUT2D eigenvalue weighted by Gasteiger charge is -2.43. The fourth-order valence-electron chi connectivity index (χ4n) is 3.35. The summed E-state index contributed by atoms with van der Waals surface area (Å²) in [7, 11) is 0. The number of rotatable bonds is 2. The number of hydrogen-bond donors (Lipinski definition) is 1. The van der Waals surface area contributed by atoms with Crippen LogP contribution in [0, 0.1) is 5.92 Å². The van der Waals surface area contributed by atoms with Crippen molar-refractivity contribution in [3.8, 4) is 0 Å². The van der Waals surface area contributed by atoms with Crippen molar-refractivity contribution in [3.63, 3.8) is 0 Å². The van der Waals surface area contributed by atoms with Crippen molar-refractivity contribution in [1.29, 1.82) is 0 Å². The third-order valence-electron chi connectivity index (χ3n) is 4.46. The molecule has 0 amide bonds. The van der Waals surface area contributed by atoms with Crippen molar-refractivity contribution in [3.05, 3.63) is 71.3 Å². The average molecular weight is 282 g/mol. The Morgan fingerprint density at radius 2 is 1.76 bits per heavy atom. The van der Waals surface area contributed by atoms with Crippen LogP contribution in [0.25, 0.3) is 0 Å². The van der Waals surface area contributed by atoms with E-state index >= 15 is 0 Å². The van der Waals surface area contributed by atoms with Crippen molar-refractivity contribution >= 4 is 0 Å². The highest BCUT2D eigenvalue weighted by Crippen LogP contribution is 2.44. The van der Waals surface area contributed by atoms with E-state index in [4.69, 9.17) is 9.47 Å². The van der Waals surface area contributed by atoms with Crippen molar-refractivity contribution in [1.82, 2.24) is 0 Å². The molecule has 2 aromatic rings. The molecule has 2 heterocycles. The Hall–Kier alpha value is -1.68. The summed E-state index contributed by atoms with van der Waals surface area (Å²) in [5, 5.41) is 10.7. The maximum atomic E-state index is 10.7. The van der Waals surface area contributed by atoms with Gasteiger partial charge in [0.25, 0.3) is 0 Å². The van der Waals surface area contributed by atoms with E-state index in [1.807, 2.05) is 42.5 Å². The number of fused-ring (bicyclic) bond motifs is 4. The summed E-state index contributed by atoms with van der Waals surface area (Å²) in [6.45, 7) is 0.528. The molecule has 4 rings (SSSR count). The van der Waals surface area contributed by atoms with Crippen LogP contribution in [0.4, 0.5) is 0 Å². The van der Waals surface area contributed by atoms with Gasteiger partial charge >= 0.3 is 0 Å². The predicted octanol–water partition coefficient (Wildman–Crippen LogP) is 3.01. The Morgan fingerprint density at radius 1 is 1.00 bits per heavy atom. The van der Waals surface area contributed by atoms with Crippen LogP contribution >= 0.6 is 0 Å². The molecule has 0 spiro atoms. The standard InChI is InChI=1S/C18H18O3/c19-17(12-6-2-1-3-7-12)15-11-20-16-10-13-8-4-5-9-14(13)18(15)21-16/h1-9,15-19H,10-11H2/t15-,16-,17-,18+/m1/s1. The molecule has 1 saturated heterocycles. The van der Waals surface area contributed by atoms with Gasteiger partial charge in [-0.25, -0.2) is 0 Å². The molecule has 0 aliphatic carbocycles. The van der Waals surface area contributed by atoms with Crippen LogP contribution < -0.4 is 0 Å². The fraction of sp³-hybridized carbons (Fsp3) is 0.333. The number of hydrogen-bond acceptors (Lipinski definition) is 3. The van der Waals surface area contributed by atoms with Crippen LogP contribution in [0.2, 0.25) is 0 Å². The van der Waals surface area contributed by atoms with Crippen LogP contribution in [-0.4, -0.2) is 18.0 Å². The molecule has 0 saturated carbocycles. The molecule has 0 unspecified atom stereocenters. The minimum Gasteiger partial charge on any atom is -0.388 e.